The van der Waals surface area contributed by atoms with Crippen LogP contribution in [-0.2, 0) is 6.42 Å². The van der Waals surface area contributed by atoms with E-state index in [1.54, 1.807) is 0 Å². The molecule has 0 aliphatic rings. The molecule has 0 aliphatic carbocycles. The van der Waals surface area contributed by atoms with Gasteiger partial charge in [0.15, 0.2) is 0 Å². The molecule has 2 aromatic rings. The van der Waals surface area contributed by atoms with Crippen LogP contribution in [0.25, 0.3) is 0 Å². The molecule has 0 aliphatic heterocycles. The van der Waals surface area contributed by atoms with Crippen LogP contribution in [0.4, 0.5) is 0 Å². The van der Waals surface area contributed by atoms with E-state index < -0.39 is 0 Å². The summed E-state index contributed by atoms with van der Waals surface area (Å²) in [6.07, 6.45) is 2.97. The number of aryl methyl sites for hydroxylation is 2. The van der Waals surface area contributed by atoms with E-state index in [0.29, 0.717) is 0 Å². The van der Waals surface area contributed by atoms with Crippen LogP contribution in [0, 0.1) is 24.7 Å². The van der Waals surface area contributed by atoms with E-state index in [1.807, 2.05) is 0 Å². The van der Waals surface area contributed by atoms with Crippen LogP contribution in [-0.4, -0.2) is 0 Å². The minimum Gasteiger partial charge on any atom is -0.324 e. The predicted octanol–water partition coefficient (Wildman–Crippen LogP) is 6.40. The summed E-state index contributed by atoms with van der Waals surface area (Å²) in [6, 6.07) is 15.5. The van der Waals surface area contributed by atoms with Gasteiger partial charge in [-0.1, -0.05) is 82.6 Å². The van der Waals surface area contributed by atoms with Gasteiger partial charge in [-0.15, -0.1) is 0 Å². The molecule has 0 spiro atoms. The Kier molecular flexibility index (Phi) is 7.12. The fraction of sp³-hybridized carbons (Fsp3) is 0.538. The monoisotopic (exact) mass is 380 g/mol. The van der Waals surface area contributed by atoms with Gasteiger partial charge in [0.05, 0.1) is 0 Å². The Morgan fingerprint density at radius 2 is 1.50 bits per heavy atom. The average Bonchev–Trinajstić information content (AvgIpc) is 2.52. The number of rotatable bonds is 7. The van der Waals surface area contributed by atoms with Gasteiger partial charge in [0, 0.05) is 12.1 Å². The molecular formula is C26H40N2. The lowest BCUT2D eigenvalue weighted by Gasteiger charge is -2.29. The highest BCUT2D eigenvalue weighted by Crippen LogP contribution is 2.34. The van der Waals surface area contributed by atoms with E-state index in [2.05, 4.69) is 90.9 Å². The summed E-state index contributed by atoms with van der Waals surface area (Å²) in [4.78, 5) is 0. The number of hydrogen-bond donors (Lipinski definition) is 2. The van der Waals surface area contributed by atoms with Gasteiger partial charge in [-0.2, -0.15) is 0 Å². The van der Waals surface area contributed by atoms with Crippen LogP contribution in [0.2, 0.25) is 0 Å². The summed E-state index contributed by atoms with van der Waals surface area (Å²) in [5.41, 5.74) is 19.8. The SMILES string of the molecule is Cc1cccc(C(N)CC(C)(C)Cc2ccc(C(N)CC(C)(C)C)c(C)c2)c1. The van der Waals surface area contributed by atoms with Gasteiger partial charge in [0.2, 0.25) is 0 Å². The second-order valence-corrected chi connectivity index (χ2v) is 10.6. The van der Waals surface area contributed by atoms with E-state index in [9.17, 15) is 0 Å². The van der Waals surface area contributed by atoms with Crippen LogP contribution in [0.5, 0.6) is 0 Å². The quantitative estimate of drug-likeness (QED) is 0.584. The molecule has 154 valence electrons. The van der Waals surface area contributed by atoms with Gasteiger partial charge < -0.3 is 11.5 Å². The van der Waals surface area contributed by atoms with E-state index in [0.717, 1.165) is 19.3 Å². The molecule has 0 bridgehead atoms. The van der Waals surface area contributed by atoms with Crippen LogP contribution >= 0.6 is 0 Å². The third-order valence-corrected chi connectivity index (χ3v) is 5.49. The van der Waals surface area contributed by atoms with E-state index in [-0.39, 0.29) is 22.9 Å². The molecule has 2 unspecified atom stereocenters. The van der Waals surface area contributed by atoms with Crippen LogP contribution in [0.1, 0.15) is 87.4 Å². The first kappa shape index (κ1) is 22.6. The van der Waals surface area contributed by atoms with Crippen LogP contribution in [0.15, 0.2) is 42.5 Å². The molecular weight excluding hydrogens is 340 g/mol. The van der Waals surface area contributed by atoms with E-state index >= 15 is 0 Å². The Morgan fingerprint density at radius 1 is 0.821 bits per heavy atom. The van der Waals surface area contributed by atoms with Gasteiger partial charge in [0.1, 0.15) is 0 Å². The molecule has 28 heavy (non-hydrogen) atoms. The van der Waals surface area contributed by atoms with Crippen molar-refractivity contribution in [1.29, 1.82) is 0 Å². The van der Waals surface area contributed by atoms with Crippen molar-refractivity contribution in [3.8, 4) is 0 Å². The van der Waals surface area contributed by atoms with Crippen molar-refractivity contribution in [1.82, 2.24) is 0 Å². The molecule has 4 N–H and O–H groups in total. The molecule has 2 aromatic carbocycles. The Labute approximate surface area is 172 Å². The predicted molar refractivity (Wildman–Crippen MR) is 122 cm³/mol. The summed E-state index contributed by atoms with van der Waals surface area (Å²) in [6.45, 7) is 15.7. The fourth-order valence-corrected chi connectivity index (χ4v) is 4.27. The molecule has 0 aromatic heterocycles. The maximum Gasteiger partial charge on any atom is 0.0302 e. The van der Waals surface area contributed by atoms with Crippen molar-refractivity contribution in [2.75, 3.05) is 0 Å². The first-order valence-electron chi connectivity index (χ1n) is 10.5. The molecule has 0 heterocycles. The molecule has 0 saturated heterocycles. The second kappa shape index (κ2) is 8.80. The topological polar surface area (TPSA) is 52.0 Å². The van der Waals surface area contributed by atoms with Gasteiger partial charge in [-0.3, -0.25) is 0 Å². The van der Waals surface area contributed by atoms with Gasteiger partial charge >= 0.3 is 0 Å². The molecule has 2 nitrogen and oxygen atoms in total. The normalized spacial score (nSPS) is 14.8. The zero-order valence-corrected chi connectivity index (χ0v) is 19.0. The minimum atomic E-state index is 0.0653. The van der Waals surface area contributed by atoms with Crippen LogP contribution in [0.3, 0.4) is 0 Å². The average molecular weight is 381 g/mol. The molecule has 2 rings (SSSR count). The first-order valence-corrected chi connectivity index (χ1v) is 10.5. The number of nitrogens with two attached hydrogens (primary N) is 2. The van der Waals surface area contributed by atoms with E-state index in [1.165, 1.54) is 27.8 Å². The molecule has 2 heteroatoms. The fourth-order valence-electron chi connectivity index (χ4n) is 4.27. The Morgan fingerprint density at radius 3 is 2.07 bits per heavy atom. The van der Waals surface area contributed by atoms with Crippen molar-refractivity contribution in [2.24, 2.45) is 22.3 Å². The van der Waals surface area contributed by atoms with Gasteiger partial charge in [-0.25, -0.2) is 0 Å². The molecule has 0 radical (unpaired) electrons. The Balaban J connectivity index is 2.08. The lowest BCUT2D eigenvalue weighted by atomic mass is 9.78. The standard InChI is InChI=1S/C26H40N2/c1-18-9-8-10-21(13-18)23(27)17-26(6,7)15-20-11-12-22(19(2)14-20)24(28)16-25(3,4)5/h8-14,23-24H,15-17,27-28H2,1-7H3. The molecule has 0 saturated carbocycles. The minimum absolute atomic E-state index is 0.0653. The maximum atomic E-state index is 6.54. The van der Waals surface area contributed by atoms with Crippen molar-refractivity contribution in [3.63, 3.8) is 0 Å². The van der Waals surface area contributed by atoms with E-state index in [4.69, 9.17) is 11.5 Å². The highest BCUT2D eigenvalue weighted by molar-refractivity contribution is 5.34. The van der Waals surface area contributed by atoms with Crippen LogP contribution < -0.4 is 11.5 Å². The van der Waals surface area contributed by atoms with Gasteiger partial charge in [-0.05, 0) is 66.2 Å². The lowest BCUT2D eigenvalue weighted by Crippen LogP contribution is -2.24. The van der Waals surface area contributed by atoms with Crippen molar-refractivity contribution in [2.45, 2.75) is 79.8 Å². The highest BCUT2D eigenvalue weighted by Gasteiger charge is 2.24. The largest absolute Gasteiger partial charge is 0.324 e. The van der Waals surface area contributed by atoms with Crippen molar-refractivity contribution >= 4 is 0 Å². The molecule has 0 amide bonds. The number of benzene rings is 2. The second-order valence-electron chi connectivity index (χ2n) is 10.6. The maximum absolute atomic E-state index is 6.54. The third kappa shape index (κ3) is 6.76. The molecule has 0 fully saturated rings. The van der Waals surface area contributed by atoms with Crippen molar-refractivity contribution < 1.29 is 0 Å². The van der Waals surface area contributed by atoms with Gasteiger partial charge in [0.25, 0.3) is 0 Å². The number of hydrogen-bond acceptors (Lipinski definition) is 2. The molecule has 2 atom stereocenters. The highest BCUT2D eigenvalue weighted by atomic mass is 14.6. The summed E-state index contributed by atoms with van der Waals surface area (Å²) in [5.74, 6) is 0. The van der Waals surface area contributed by atoms with Crippen molar-refractivity contribution in [3.05, 3.63) is 70.3 Å². The third-order valence-electron chi connectivity index (χ3n) is 5.49. The zero-order valence-electron chi connectivity index (χ0n) is 19.0. The summed E-state index contributed by atoms with van der Waals surface area (Å²) in [7, 11) is 0. The zero-order chi connectivity index (χ0) is 21.1. The Hall–Kier alpha value is -1.64. The summed E-state index contributed by atoms with van der Waals surface area (Å²) < 4.78 is 0. The first-order chi connectivity index (χ1) is 12.9. The Bertz CT molecular complexity index is 783. The smallest absolute Gasteiger partial charge is 0.0302 e. The summed E-state index contributed by atoms with van der Waals surface area (Å²) >= 11 is 0. The lowest BCUT2D eigenvalue weighted by molar-refractivity contribution is 0.304. The summed E-state index contributed by atoms with van der Waals surface area (Å²) in [5, 5.41) is 0.